The van der Waals surface area contributed by atoms with Crippen molar-refractivity contribution in [3.63, 3.8) is 0 Å². The van der Waals surface area contributed by atoms with Crippen LogP contribution in [0.1, 0.15) is 0 Å². The number of hydrogen-bond acceptors (Lipinski definition) is 4. The molecule has 1 fully saturated rings. The minimum absolute atomic E-state index is 0.764. The minimum atomic E-state index is -0.975. The molecule has 0 atom stereocenters. The Kier molecular flexibility index (Phi) is 4.80. The fourth-order valence-corrected chi connectivity index (χ4v) is 1.56. The largest absolute Gasteiger partial charge is 0.464 e. The topological polar surface area (TPSA) is 59.0 Å². The highest BCUT2D eigenvalue weighted by Gasteiger charge is 2.17. The van der Waals surface area contributed by atoms with Crippen molar-refractivity contribution in [1.29, 1.82) is 0 Å². The average molecular weight is 216 g/mol. The van der Waals surface area contributed by atoms with Gasteiger partial charge in [0.25, 0.3) is 0 Å². The molecule has 0 aliphatic carbocycles. The van der Waals surface area contributed by atoms with Gasteiger partial charge in [-0.15, -0.1) is 0 Å². The third-order valence-electron chi connectivity index (χ3n) is 2.49. The van der Waals surface area contributed by atoms with Crippen LogP contribution in [0, 0.1) is 0 Å². The smallest absolute Gasteiger partial charge is 0.419 e. The van der Waals surface area contributed by atoms with Gasteiger partial charge in [-0.3, -0.25) is 10.3 Å². The summed E-state index contributed by atoms with van der Waals surface area (Å²) >= 11 is 0. The molecule has 1 rings (SSSR count). The highest BCUT2D eigenvalue weighted by molar-refractivity contribution is 5.63. The van der Waals surface area contributed by atoms with Crippen LogP contribution in [0.5, 0.6) is 0 Å². The van der Waals surface area contributed by atoms with Crippen molar-refractivity contribution in [2.24, 2.45) is 0 Å². The molecule has 0 saturated carbocycles. The highest BCUT2D eigenvalue weighted by atomic mass is 16.4. The molecule has 6 nitrogen and oxygen atoms in total. The third kappa shape index (κ3) is 4.96. The number of likely N-dealkylation sites (N-methyl/N-ethyl adjacent to an activating group) is 1. The zero-order valence-electron chi connectivity index (χ0n) is 9.44. The van der Waals surface area contributed by atoms with E-state index in [0.717, 1.165) is 39.3 Å². The lowest BCUT2D eigenvalue weighted by Crippen LogP contribution is -2.54. The summed E-state index contributed by atoms with van der Waals surface area (Å²) in [6.45, 7) is 5.47. The summed E-state index contributed by atoms with van der Waals surface area (Å²) in [5.74, 6) is 0. The average Bonchev–Trinajstić information content (AvgIpc) is 2.16. The maximum atomic E-state index is 10.4. The van der Waals surface area contributed by atoms with E-state index in [2.05, 4.69) is 29.3 Å². The summed E-state index contributed by atoms with van der Waals surface area (Å²) in [6.07, 6.45) is -0.975. The highest BCUT2D eigenvalue weighted by Crippen LogP contribution is 1.98. The van der Waals surface area contributed by atoms with Crippen molar-refractivity contribution in [3.8, 4) is 0 Å². The fourth-order valence-electron chi connectivity index (χ4n) is 1.56. The zero-order valence-corrected chi connectivity index (χ0v) is 9.44. The van der Waals surface area contributed by atoms with Gasteiger partial charge in [-0.25, -0.2) is 9.80 Å². The first-order chi connectivity index (χ1) is 7.08. The van der Waals surface area contributed by atoms with E-state index >= 15 is 0 Å². The lowest BCUT2D eigenvalue weighted by Gasteiger charge is -2.34. The maximum Gasteiger partial charge on any atom is 0.419 e. The molecule has 0 unspecified atom stereocenters. The predicted octanol–water partition coefficient (Wildman–Crippen LogP) is -0.652. The summed E-state index contributed by atoms with van der Waals surface area (Å²) < 4.78 is 0. The van der Waals surface area contributed by atoms with Gasteiger partial charge in [0.2, 0.25) is 0 Å². The second-order valence-corrected chi connectivity index (χ2v) is 4.05. The first-order valence-corrected chi connectivity index (χ1v) is 5.19. The molecule has 1 amide bonds. The number of nitrogens with zero attached hydrogens (tertiary/aromatic N) is 3. The maximum absolute atomic E-state index is 10.4. The van der Waals surface area contributed by atoms with Gasteiger partial charge in [0.1, 0.15) is 0 Å². The number of hydrazine groups is 1. The number of carboxylic acid groups (broad SMARTS) is 1. The minimum Gasteiger partial charge on any atom is -0.464 e. The first kappa shape index (κ1) is 12.2. The molecule has 1 aliphatic rings. The van der Waals surface area contributed by atoms with Gasteiger partial charge >= 0.3 is 6.09 Å². The summed E-state index contributed by atoms with van der Waals surface area (Å²) in [5.41, 5.74) is 2.38. The van der Waals surface area contributed by atoms with E-state index in [1.165, 1.54) is 0 Å². The Morgan fingerprint density at radius 1 is 1.33 bits per heavy atom. The van der Waals surface area contributed by atoms with Crippen molar-refractivity contribution in [3.05, 3.63) is 0 Å². The Morgan fingerprint density at radius 3 is 2.40 bits per heavy atom. The van der Waals surface area contributed by atoms with Gasteiger partial charge in [0.15, 0.2) is 0 Å². The molecule has 0 spiro atoms. The Labute approximate surface area is 90.4 Å². The van der Waals surface area contributed by atoms with Gasteiger partial charge in [0.05, 0.1) is 0 Å². The van der Waals surface area contributed by atoms with E-state index in [4.69, 9.17) is 5.11 Å². The standard InChI is InChI=1S/C9H20N4O2/c1-11(2)3-4-12-5-7-13(8-6-12)10-9(14)15/h10H,3-8H2,1-2H3,(H,14,15). The van der Waals surface area contributed by atoms with Crippen LogP contribution in [0.3, 0.4) is 0 Å². The van der Waals surface area contributed by atoms with Gasteiger partial charge in [-0.05, 0) is 14.1 Å². The Hall–Kier alpha value is -0.850. The number of hydrogen-bond donors (Lipinski definition) is 2. The summed E-state index contributed by atoms with van der Waals surface area (Å²) in [5, 5.41) is 10.3. The number of rotatable bonds is 4. The number of nitrogens with one attached hydrogen (secondary N) is 1. The second-order valence-electron chi connectivity index (χ2n) is 4.05. The van der Waals surface area contributed by atoms with Crippen molar-refractivity contribution >= 4 is 6.09 Å². The van der Waals surface area contributed by atoms with Crippen LogP contribution < -0.4 is 5.43 Å². The molecule has 88 valence electrons. The van der Waals surface area contributed by atoms with Crippen LogP contribution in [-0.4, -0.2) is 79.4 Å². The van der Waals surface area contributed by atoms with Gasteiger partial charge in [-0.2, -0.15) is 0 Å². The molecular weight excluding hydrogens is 196 g/mol. The zero-order chi connectivity index (χ0) is 11.3. The van der Waals surface area contributed by atoms with Crippen LogP contribution in [0.4, 0.5) is 4.79 Å². The molecule has 15 heavy (non-hydrogen) atoms. The normalized spacial score (nSPS) is 19.4. The fraction of sp³-hybridized carbons (Fsp3) is 0.889. The molecule has 0 radical (unpaired) electrons. The van der Waals surface area contributed by atoms with Crippen LogP contribution in [0.2, 0.25) is 0 Å². The molecule has 0 aromatic carbocycles. The van der Waals surface area contributed by atoms with Gasteiger partial charge in [0, 0.05) is 39.3 Å². The van der Waals surface area contributed by atoms with Crippen molar-refractivity contribution in [2.45, 2.75) is 0 Å². The Balaban J connectivity index is 2.15. The van der Waals surface area contributed by atoms with E-state index in [1.54, 1.807) is 5.01 Å². The number of piperazine rings is 1. The van der Waals surface area contributed by atoms with Crippen molar-refractivity contribution in [2.75, 3.05) is 53.4 Å². The lowest BCUT2D eigenvalue weighted by molar-refractivity contribution is 0.0808. The van der Waals surface area contributed by atoms with E-state index < -0.39 is 6.09 Å². The molecule has 0 bridgehead atoms. The summed E-state index contributed by atoms with van der Waals surface area (Å²) in [4.78, 5) is 14.9. The van der Waals surface area contributed by atoms with E-state index in [-0.39, 0.29) is 0 Å². The van der Waals surface area contributed by atoms with Crippen LogP contribution in [-0.2, 0) is 0 Å². The predicted molar refractivity (Wildman–Crippen MR) is 57.7 cm³/mol. The van der Waals surface area contributed by atoms with Crippen LogP contribution >= 0.6 is 0 Å². The molecule has 0 aromatic rings. The molecule has 1 aliphatic heterocycles. The molecule has 6 heteroatoms. The summed E-state index contributed by atoms with van der Waals surface area (Å²) in [6, 6.07) is 0. The molecule has 1 heterocycles. The number of carbonyl (C=O) groups is 1. The Bertz CT molecular complexity index is 202. The van der Waals surface area contributed by atoms with Gasteiger partial charge < -0.3 is 10.0 Å². The van der Waals surface area contributed by atoms with E-state index in [0.29, 0.717) is 0 Å². The van der Waals surface area contributed by atoms with Crippen molar-refractivity contribution < 1.29 is 9.90 Å². The monoisotopic (exact) mass is 216 g/mol. The molecule has 0 aromatic heterocycles. The summed E-state index contributed by atoms with van der Waals surface area (Å²) in [7, 11) is 4.12. The van der Waals surface area contributed by atoms with Crippen LogP contribution in [0.15, 0.2) is 0 Å². The quantitative estimate of drug-likeness (QED) is 0.654. The molecular formula is C9H20N4O2. The first-order valence-electron chi connectivity index (χ1n) is 5.19. The van der Waals surface area contributed by atoms with E-state index in [9.17, 15) is 4.79 Å². The van der Waals surface area contributed by atoms with Gasteiger partial charge in [-0.1, -0.05) is 0 Å². The van der Waals surface area contributed by atoms with E-state index in [1.807, 2.05) is 0 Å². The van der Waals surface area contributed by atoms with Crippen molar-refractivity contribution in [1.82, 2.24) is 20.2 Å². The van der Waals surface area contributed by atoms with Crippen LogP contribution in [0.25, 0.3) is 0 Å². The second kappa shape index (κ2) is 5.89. The Morgan fingerprint density at radius 2 is 1.93 bits per heavy atom. The lowest BCUT2D eigenvalue weighted by atomic mass is 10.3. The molecule has 2 N–H and O–H groups in total. The third-order valence-corrected chi connectivity index (χ3v) is 2.49. The molecule has 1 saturated heterocycles. The SMILES string of the molecule is CN(C)CCN1CCN(NC(=O)O)CC1. The number of amides is 1.